The highest BCUT2D eigenvalue weighted by Gasteiger charge is 2.30. The van der Waals surface area contributed by atoms with Gasteiger partial charge in [-0.15, -0.1) is 0 Å². The molecule has 0 aliphatic heterocycles. The van der Waals surface area contributed by atoms with Crippen LogP contribution in [0.2, 0.25) is 10.0 Å². The lowest BCUT2D eigenvalue weighted by atomic mass is 10.2. The highest BCUT2D eigenvalue weighted by molar-refractivity contribution is 7.92. The molecule has 0 fully saturated rings. The molecule has 2 aromatic carbocycles. The Kier molecular flexibility index (Phi) is 9.00. The summed E-state index contributed by atoms with van der Waals surface area (Å²) < 4.78 is 56.4. The van der Waals surface area contributed by atoms with Crippen LogP contribution in [0.25, 0.3) is 0 Å². The first-order valence-electron chi connectivity index (χ1n) is 9.62. The second-order valence-electron chi connectivity index (χ2n) is 7.23. The monoisotopic (exact) mass is 537 g/mol. The number of carbonyl (C=O) groups is 1. The molecule has 13 heteroatoms. The number of rotatable bonds is 10. The summed E-state index contributed by atoms with van der Waals surface area (Å²) in [5.74, 6) is -0.147. The van der Waals surface area contributed by atoms with Crippen LogP contribution in [0.5, 0.6) is 5.75 Å². The molecule has 0 aliphatic rings. The van der Waals surface area contributed by atoms with Crippen molar-refractivity contribution in [2.75, 3.05) is 37.8 Å². The van der Waals surface area contributed by atoms with Gasteiger partial charge < -0.3 is 10.1 Å². The molecule has 0 radical (unpaired) electrons. The molecule has 1 atom stereocenters. The van der Waals surface area contributed by atoms with Gasteiger partial charge in [0.25, 0.3) is 0 Å². The average molecular weight is 538 g/mol. The zero-order valence-corrected chi connectivity index (χ0v) is 21.6. The molecule has 1 unspecified atom stereocenters. The number of nitrogens with one attached hydrogen (secondary N) is 1. The number of nitrogens with zero attached hydrogens (tertiary/aromatic N) is 2. The van der Waals surface area contributed by atoms with E-state index >= 15 is 0 Å². The molecule has 182 valence electrons. The zero-order valence-electron chi connectivity index (χ0n) is 18.4. The van der Waals surface area contributed by atoms with Crippen LogP contribution in [-0.4, -0.2) is 66.6 Å². The molecule has 1 N–H and O–H groups in total. The van der Waals surface area contributed by atoms with Crippen molar-refractivity contribution in [3.8, 4) is 5.75 Å². The summed E-state index contributed by atoms with van der Waals surface area (Å²) >= 11 is 12.1. The van der Waals surface area contributed by atoms with Crippen LogP contribution in [0.4, 0.5) is 5.69 Å². The Morgan fingerprint density at radius 3 is 2.21 bits per heavy atom. The molecule has 0 spiro atoms. The number of ether oxygens (including phenoxy) is 1. The van der Waals surface area contributed by atoms with Crippen LogP contribution >= 0.6 is 23.2 Å². The molecule has 0 saturated carbocycles. The molecular weight excluding hydrogens is 513 g/mol. The number of hydrogen-bond acceptors (Lipinski definition) is 6. The Bertz CT molecular complexity index is 1200. The van der Waals surface area contributed by atoms with E-state index in [1.54, 1.807) is 0 Å². The van der Waals surface area contributed by atoms with Crippen LogP contribution in [0.15, 0.2) is 47.4 Å². The Hall–Kier alpha value is -2.05. The van der Waals surface area contributed by atoms with E-state index in [1.165, 1.54) is 63.5 Å². The van der Waals surface area contributed by atoms with Crippen molar-refractivity contribution in [2.24, 2.45) is 0 Å². The summed E-state index contributed by atoms with van der Waals surface area (Å²) in [7, 11) is -4.51. The van der Waals surface area contributed by atoms with Gasteiger partial charge in [-0.05, 0) is 49.4 Å². The van der Waals surface area contributed by atoms with Crippen LogP contribution in [-0.2, 0) is 24.8 Å². The molecular formula is C20H25Cl2N3O6S2. The van der Waals surface area contributed by atoms with Crippen LogP contribution in [0, 0.1) is 0 Å². The Labute approximate surface area is 204 Å². The summed E-state index contributed by atoms with van der Waals surface area (Å²) in [6.07, 6.45) is 0.970. The first-order valence-corrected chi connectivity index (χ1v) is 13.7. The number of amides is 1. The third-order valence-corrected chi connectivity index (χ3v) is 8.12. The van der Waals surface area contributed by atoms with Crippen LogP contribution in [0.3, 0.4) is 0 Å². The number of sulfonamides is 2. The van der Waals surface area contributed by atoms with E-state index in [2.05, 4.69) is 5.32 Å². The van der Waals surface area contributed by atoms with E-state index in [0.29, 0.717) is 5.75 Å². The third-order valence-electron chi connectivity index (χ3n) is 4.51. The van der Waals surface area contributed by atoms with Gasteiger partial charge in [0, 0.05) is 19.1 Å². The van der Waals surface area contributed by atoms with E-state index < -0.39 is 32.0 Å². The number of anilines is 1. The normalized spacial score (nSPS) is 12.9. The van der Waals surface area contributed by atoms with E-state index in [1.807, 2.05) is 0 Å². The van der Waals surface area contributed by atoms with Gasteiger partial charge in [-0.3, -0.25) is 9.10 Å². The minimum Gasteiger partial charge on any atom is -0.492 e. The van der Waals surface area contributed by atoms with E-state index in [4.69, 9.17) is 27.9 Å². The first-order chi connectivity index (χ1) is 15.2. The molecule has 0 bridgehead atoms. The Morgan fingerprint density at radius 2 is 1.67 bits per heavy atom. The number of hydrogen-bond donors (Lipinski definition) is 1. The zero-order chi connectivity index (χ0) is 25.0. The smallest absolute Gasteiger partial charge is 0.243 e. The lowest BCUT2D eigenvalue weighted by molar-refractivity contribution is -0.121. The highest BCUT2D eigenvalue weighted by Crippen LogP contribution is 2.32. The largest absolute Gasteiger partial charge is 0.492 e. The third kappa shape index (κ3) is 6.97. The van der Waals surface area contributed by atoms with Gasteiger partial charge in [-0.25, -0.2) is 21.1 Å². The van der Waals surface area contributed by atoms with Crippen molar-refractivity contribution in [3.05, 3.63) is 52.5 Å². The van der Waals surface area contributed by atoms with Gasteiger partial charge in [-0.1, -0.05) is 23.2 Å². The van der Waals surface area contributed by atoms with E-state index in [0.717, 1.165) is 14.9 Å². The van der Waals surface area contributed by atoms with E-state index in [9.17, 15) is 21.6 Å². The maximum absolute atomic E-state index is 12.6. The van der Waals surface area contributed by atoms with Gasteiger partial charge >= 0.3 is 0 Å². The molecule has 0 aromatic heterocycles. The predicted molar refractivity (Wildman–Crippen MR) is 129 cm³/mol. The van der Waals surface area contributed by atoms with Gasteiger partial charge in [0.05, 0.1) is 28.4 Å². The van der Waals surface area contributed by atoms with Crippen molar-refractivity contribution in [2.45, 2.75) is 17.9 Å². The lowest BCUT2D eigenvalue weighted by Crippen LogP contribution is -2.48. The van der Waals surface area contributed by atoms with Crippen molar-refractivity contribution in [1.29, 1.82) is 0 Å². The van der Waals surface area contributed by atoms with Crippen molar-refractivity contribution < 1.29 is 26.4 Å². The Balaban J connectivity index is 2.00. The SMILES string of the molecule is CC(C(=O)NCCOc1ccc(S(=O)(=O)N(C)C)cc1)N(c1cc(Cl)ccc1Cl)S(C)(=O)=O. The van der Waals surface area contributed by atoms with Gasteiger partial charge in [0.15, 0.2) is 0 Å². The quantitative estimate of drug-likeness (QED) is 0.466. The maximum Gasteiger partial charge on any atom is 0.243 e. The standard InChI is InChI=1S/C20H25Cl2N3O6S2/c1-14(25(32(4,27)28)19-13-15(21)5-10-18(19)22)20(26)23-11-12-31-16-6-8-17(9-7-16)33(29,30)24(2)3/h5-10,13-14H,11-12H2,1-4H3,(H,23,26). The molecule has 0 saturated heterocycles. The lowest BCUT2D eigenvalue weighted by Gasteiger charge is -2.29. The fourth-order valence-corrected chi connectivity index (χ4v) is 5.35. The van der Waals surface area contributed by atoms with Crippen molar-refractivity contribution in [1.82, 2.24) is 9.62 Å². The minimum absolute atomic E-state index is 0.0784. The minimum atomic E-state index is -3.85. The highest BCUT2D eigenvalue weighted by atomic mass is 35.5. The summed E-state index contributed by atoms with van der Waals surface area (Å²) in [4.78, 5) is 12.7. The summed E-state index contributed by atoms with van der Waals surface area (Å²) in [5.41, 5.74) is 0.0957. The molecule has 0 aliphatic carbocycles. The molecule has 0 heterocycles. The predicted octanol–water partition coefficient (Wildman–Crippen LogP) is 2.59. The first kappa shape index (κ1) is 27.2. The van der Waals surface area contributed by atoms with Crippen LogP contribution in [0.1, 0.15) is 6.92 Å². The topological polar surface area (TPSA) is 113 Å². The fraction of sp³-hybridized carbons (Fsp3) is 0.350. The number of carbonyl (C=O) groups excluding carboxylic acids is 1. The van der Waals surface area contributed by atoms with E-state index in [-0.39, 0.29) is 33.8 Å². The van der Waals surface area contributed by atoms with Gasteiger partial charge in [-0.2, -0.15) is 0 Å². The summed E-state index contributed by atoms with van der Waals surface area (Å²) in [6.45, 7) is 1.59. The fourth-order valence-electron chi connectivity index (χ4n) is 2.85. The summed E-state index contributed by atoms with van der Waals surface area (Å²) in [6, 6.07) is 9.09. The molecule has 9 nitrogen and oxygen atoms in total. The Morgan fingerprint density at radius 1 is 1.06 bits per heavy atom. The summed E-state index contributed by atoms with van der Waals surface area (Å²) in [5, 5.41) is 3.01. The van der Waals surface area contributed by atoms with Crippen molar-refractivity contribution >= 4 is 54.8 Å². The molecule has 2 rings (SSSR count). The molecule has 1 amide bonds. The van der Waals surface area contributed by atoms with Gasteiger partial charge in [0.1, 0.15) is 18.4 Å². The molecule has 2 aromatic rings. The second-order valence-corrected chi connectivity index (χ2v) is 12.1. The maximum atomic E-state index is 12.6. The van der Waals surface area contributed by atoms with Crippen LogP contribution < -0.4 is 14.4 Å². The average Bonchev–Trinajstić information content (AvgIpc) is 2.72. The van der Waals surface area contributed by atoms with Crippen molar-refractivity contribution in [3.63, 3.8) is 0 Å². The number of benzene rings is 2. The van der Waals surface area contributed by atoms with Gasteiger partial charge in [0.2, 0.25) is 26.0 Å². The molecule has 33 heavy (non-hydrogen) atoms. The second kappa shape index (κ2) is 10.9. The number of halogens is 2.